The molecule has 0 spiro atoms. The topological polar surface area (TPSA) is 78.4 Å². The van der Waals surface area contributed by atoms with Crippen molar-refractivity contribution in [3.05, 3.63) is 62.6 Å². The average Bonchev–Trinajstić information content (AvgIpc) is 2.38. The number of ether oxygens (including phenoxy) is 1. The SMILES string of the molecule is C[C@H](N)c1ccc(Oc2cccc([N+](=O)[O-])c2)cc1Br. The van der Waals surface area contributed by atoms with Gasteiger partial charge in [-0.15, -0.1) is 0 Å². The van der Waals surface area contributed by atoms with E-state index in [2.05, 4.69) is 15.9 Å². The molecule has 5 nitrogen and oxygen atoms in total. The first-order valence-corrected chi connectivity index (χ1v) is 6.74. The van der Waals surface area contributed by atoms with Gasteiger partial charge in [-0.2, -0.15) is 0 Å². The number of nitro groups is 1. The van der Waals surface area contributed by atoms with Crippen molar-refractivity contribution < 1.29 is 9.66 Å². The molecule has 0 heterocycles. The summed E-state index contributed by atoms with van der Waals surface area (Å²) in [6.07, 6.45) is 0. The molecular weight excluding hydrogens is 324 g/mol. The first-order valence-electron chi connectivity index (χ1n) is 5.94. The molecule has 0 bridgehead atoms. The zero-order chi connectivity index (χ0) is 14.7. The second-order valence-electron chi connectivity index (χ2n) is 4.33. The molecular formula is C14H13BrN2O3. The van der Waals surface area contributed by atoms with E-state index in [-0.39, 0.29) is 11.7 Å². The summed E-state index contributed by atoms with van der Waals surface area (Å²) in [4.78, 5) is 10.3. The van der Waals surface area contributed by atoms with Crippen LogP contribution in [0.3, 0.4) is 0 Å². The summed E-state index contributed by atoms with van der Waals surface area (Å²) in [5.74, 6) is 1.00. The zero-order valence-corrected chi connectivity index (χ0v) is 12.3. The Labute approximate surface area is 124 Å². The van der Waals surface area contributed by atoms with E-state index >= 15 is 0 Å². The fourth-order valence-corrected chi connectivity index (χ4v) is 2.46. The summed E-state index contributed by atoms with van der Waals surface area (Å²) in [6.45, 7) is 1.89. The largest absolute Gasteiger partial charge is 0.457 e. The van der Waals surface area contributed by atoms with E-state index in [1.165, 1.54) is 12.1 Å². The molecule has 2 aromatic rings. The van der Waals surface area contributed by atoms with Crippen molar-refractivity contribution in [2.45, 2.75) is 13.0 Å². The van der Waals surface area contributed by atoms with Gasteiger partial charge in [0.05, 0.1) is 11.0 Å². The van der Waals surface area contributed by atoms with E-state index in [1.807, 2.05) is 13.0 Å². The smallest absolute Gasteiger partial charge is 0.273 e. The molecule has 0 amide bonds. The minimum absolute atomic E-state index is 0.00577. The third-order valence-electron chi connectivity index (χ3n) is 2.73. The molecule has 0 saturated carbocycles. The van der Waals surface area contributed by atoms with Crippen LogP contribution in [0, 0.1) is 10.1 Å². The first kappa shape index (κ1) is 14.5. The lowest BCUT2D eigenvalue weighted by atomic mass is 10.1. The van der Waals surface area contributed by atoms with Crippen LogP contribution in [-0.2, 0) is 0 Å². The number of non-ortho nitro benzene ring substituents is 1. The van der Waals surface area contributed by atoms with Crippen LogP contribution in [0.1, 0.15) is 18.5 Å². The Bertz CT molecular complexity index is 644. The molecule has 0 saturated heterocycles. The second kappa shape index (κ2) is 6.02. The van der Waals surface area contributed by atoms with Gasteiger partial charge in [0.25, 0.3) is 5.69 Å². The molecule has 0 aliphatic rings. The summed E-state index contributed by atoms with van der Waals surface area (Å²) in [5.41, 5.74) is 6.79. The van der Waals surface area contributed by atoms with Crippen LogP contribution < -0.4 is 10.5 Å². The van der Waals surface area contributed by atoms with Gasteiger partial charge < -0.3 is 10.5 Å². The van der Waals surface area contributed by atoms with Gasteiger partial charge in [0.2, 0.25) is 0 Å². The molecule has 2 rings (SSSR count). The molecule has 0 radical (unpaired) electrons. The Morgan fingerprint density at radius 2 is 1.95 bits per heavy atom. The van der Waals surface area contributed by atoms with E-state index in [0.717, 1.165) is 10.0 Å². The van der Waals surface area contributed by atoms with Crippen molar-refractivity contribution in [1.29, 1.82) is 0 Å². The first-order chi connectivity index (χ1) is 9.47. The predicted octanol–water partition coefficient (Wildman–Crippen LogP) is 4.17. The second-order valence-corrected chi connectivity index (χ2v) is 5.18. The van der Waals surface area contributed by atoms with Gasteiger partial charge in [0.15, 0.2) is 0 Å². The van der Waals surface area contributed by atoms with Gasteiger partial charge in [0, 0.05) is 16.6 Å². The molecule has 6 heteroatoms. The zero-order valence-electron chi connectivity index (χ0n) is 10.7. The minimum atomic E-state index is -0.456. The maximum atomic E-state index is 10.7. The van der Waals surface area contributed by atoms with Gasteiger partial charge in [-0.05, 0) is 30.7 Å². The van der Waals surface area contributed by atoms with Gasteiger partial charge in [-0.3, -0.25) is 10.1 Å². The van der Waals surface area contributed by atoms with Crippen LogP contribution in [0.5, 0.6) is 11.5 Å². The van der Waals surface area contributed by atoms with Crippen LogP contribution in [-0.4, -0.2) is 4.92 Å². The van der Waals surface area contributed by atoms with Gasteiger partial charge in [0.1, 0.15) is 11.5 Å². The highest BCUT2D eigenvalue weighted by molar-refractivity contribution is 9.10. The summed E-state index contributed by atoms with van der Waals surface area (Å²) in [7, 11) is 0. The van der Waals surface area contributed by atoms with Gasteiger partial charge in [-0.25, -0.2) is 0 Å². The Balaban J connectivity index is 2.24. The lowest BCUT2D eigenvalue weighted by Crippen LogP contribution is -2.05. The number of nitrogens with two attached hydrogens (primary N) is 1. The normalized spacial score (nSPS) is 11.9. The monoisotopic (exact) mass is 336 g/mol. The number of hydrogen-bond acceptors (Lipinski definition) is 4. The van der Waals surface area contributed by atoms with Crippen LogP contribution in [0.4, 0.5) is 5.69 Å². The molecule has 104 valence electrons. The minimum Gasteiger partial charge on any atom is -0.457 e. The fraction of sp³-hybridized carbons (Fsp3) is 0.143. The lowest BCUT2D eigenvalue weighted by Gasteiger charge is -2.11. The quantitative estimate of drug-likeness (QED) is 0.671. The maximum Gasteiger partial charge on any atom is 0.273 e. The third-order valence-corrected chi connectivity index (χ3v) is 3.41. The highest BCUT2D eigenvalue weighted by Gasteiger charge is 2.09. The van der Waals surface area contributed by atoms with E-state index in [0.29, 0.717) is 11.5 Å². The van der Waals surface area contributed by atoms with Crippen molar-refractivity contribution >= 4 is 21.6 Å². The molecule has 0 unspecified atom stereocenters. The van der Waals surface area contributed by atoms with Crippen molar-refractivity contribution in [3.63, 3.8) is 0 Å². The lowest BCUT2D eigenvalue weighted by molar-refractivity contribution is -0.384. The standard InChI is InChI=1S/C14H13BrN2O3/c1-9(16)13-6-5-12(8-14(13)15)20-11-4-2-3-10(7-11)17(18)19/h2-9H,16H2,1H3/t9-/m0/s1. The van der Waals surface area contributed by atoms with Crippen molar-refractivity contribution in [1.82, 2.24) is 0 Å². The van der Waals surface area contributed by atoms with Crippen LogP contribution in [0.25, 0.3) is 0 Å². The van der Waals surface area contributed by atoms with E-state index in [9.17, 15) is 10.1 Å². The summed E-state index contributed by atoms with van der Waals surface area (Å²) in [6, 6.07) is 11.4. The molecule has 0 aliphatic carbocycles. The molecule has 2 aromatic carbocycles. The Morgan fingerprint density at radius 3 is 2.55 bits per heavy atom. The molecule has 0 fully saturated rings. The molecule has 0 aliphatic heterocycles. The Hall–Kier alpha value is -1.92. The summed E-state index contributed by atoms with van der Waals surface area (Å²) < 4.78 is 6.45. The number of halogens is 1. The number of nitro benzene ring substituents is 1. The molecule has 2 N–H and O–H groups in total. The number of nitrogens with zero attached hydrogens (tertiary/aromatic N) is 1. The van der Waals surface area contributed by atoms with Crippen molar-refractivity contribution in [2.75, 3.05) is 0 Å². The van der Waals surface area contributed by atoms with Crippen LogP contribution in [0.15, 0.2) is 46.9 Å². The number of hydrogen-bond donors (Lipinski definition) is 1. The number of rotatable bonds is 4. The molecule has 20 heavy (non-hydrogen) atoms. The maximum absolute atomic E-state index is 10.7. The van der Waals surface area contributed by atoms with Crippen molar-refractivity contribution in [2.24, 2.45) is 5.73 Å². The summed E-state index contributed by atoms with van der Waals surface area (Å²) >= 11 is 3.43. The van der Waals surface area contributed by atoms with Gasteiger partial charge >= 0.3 is 0 Å². The van der Waals surface area contributed by atoms with Crippen molar-refractivity contribution in [3.8, 4) is 11.5 Å². The Morgan fingerprint density at radius 1 is 1.25 bits per heavy atom. The van der Waals surface area contributed by atoms with Crippen LogP contribution >= 0.6 is 15.9 Å². The fourth-order valence-electron chi connectivity index (χ4n) is 1.74. The highest BCUT2D eigenvalue weighted by Crippen LogP contribution is 2.30. The predicted molar refractivity (Wildman–Crippen MR) is 79.9 cm³/mol. The third kappa shape index (κ3) is 3.34. The molecule has 1 atom stereocenters. The van der Waals surface area contributed by atoms with Gasteiger partial charge in [-0.1, -0.05) is 28.1 Å². The van der Waals surface area contributed by atoms with E-state index in [4.69, 9.17) is 10.5 Å². The molecule has 0 aromatic heterocycles. The highest BCUT2D eigenvalue weighted by atomic mass is 79.9. The summed E-state index contributed by atoms with van der Waals surface area (Å²) in [5, 5.41) is 10.7. The Kier molecular flexibility index (Phi) is 4.36. The van der Waals surface area contributed by atoms with E-state index < -0.39 is 4.92 Å². The van der Waals surface area contributed by atoms with E-state index in [1.54, 1.807) is 24.3 Å². The number of benzene rings is 2. The average molecular weight is 337 g/mol. The van der Waals surface area contributed by atoms with Crippen LogP contribution in [0.2, 0.25) is 0 Å².